The van der Waals surface area contributed by atoms with Crippen LogP contribution in [0, 0.1) is 0 Å². The molecule has 0 amide bonds. The van der Waals surface area contributed by atoms with Gasteiger partial charge < -0.3 is 0 Å². The van der Waals surface area contributed by atoms with Crippen LogP contribution >= 0.6 is 0 Å². The fraction of sp³-hybridized carbons (Fsp3) is 0.500. The second kappa shape index (κ2) is 12.9. The third-order valence-electron chi connectivity index (χ3n) is 1.05. The van der Waals surface area contributed by atoms with E-state index in [2.05, 4.69) is 32.1 Å². The molecule has 0 aromatic heterocycles. The Labute approximate surface area is 77.7 Å². The van der Waals surface area contributed by atoms with Gasteiger partial charge in [0.1, 0.15) is 0 Å². The van der Waals surface area contributed by atoms with Gasteiger partial charge in [-0.3, -0.25) is 0 Å². The Morgan fingerprint density at radius 1 is 0.917 bits per heavy atom. The van der Waals surface area contributed by atoms with Crippen molar-refractivity contribution in [3.8, 4) is 0 Å². The van der Waals surface area contributed by atoms with E-state index in [1.807, 2.05) is 32.9 Å². The van der Waals surface area contributed by atoms with Crippen molar-refractivity contribution in [1.82, 2.24) is 0 Å². The van der Waals surface area contributed by atoms with Crippen molar-refractivity contribution in [2.75, 3.05) is 0 Å². The summed E-state index contributed by atoms with van der Waals surface area (Å²) in [6.45, 7) is 10.3. The van der Waals surface area contributed by atoms with Crippen molar-refractivity contribution in [3.05, 3.63) is 36.0 Å². The minimum Gasteiger partial charge on any atom is -0.0871 e. The molecule has 0 aliphatic carbocycles. The summed E-state index contributed by atoms with van der Waals surface area (Å²) in [5, 5.41) is 0. The van der Waals surface area contributed by atoms with E-state index in [0.717, 1.165) is 0 Å². The molecule has 0 nitrogen and oxygen atoms in total. The molecule has 0 heteroatoms. The van der Waals surface area contributed by atoms with Gasteiger partial charge >= 0.3 is 0 Å². The third kappa shape index (κ3) is 12.0. The highest BCUT2D eigenvalue weighted by molar-refractivity contribution is 5.29. The molecule has 0 unspecified atom stereocenters. The average Bonchev–Trinajstić information content (AvgIpc) is 2.05. The van der Waals surface area contributed by atoms with Crippen molar-refractivity contribution >= 4 is 0 Å². The molecule has 0 bridgehead atoms. The summed E-state index contributed by atoms with van der Waals surface area (Å²) in [7, 11) is 0. The average molecular weight is 166 g/mol. The summed E-state index contributed by atoms with van der Waals surface area (Å²) in [5.41, 5.74) is 1.26. The molecule has 0 radical (unpaired) electrons. The maximum Gasteiger partial charge on any atom is -0.0306 e. The van der Waals surface area contributed by atoms with Crippen molar-refractivity contribution < 1.29 is 0 Å². The number of allylic oxidation sites excluding steroid dienone is 6. The third-order valence-corrected chi connectivity index (χ3v) is 1.05. The van der Waals surface area contributed by atoms with E-state index in [4.69, 9.17) is 0 Å². The molecule has 12 heavy (non-hydrogen) atoms. The summed E-state index contributed by atoms with van der Waals surface area (Å²) < 4.78 is 0. The van der Waals surface area contributed by atoms with E-state index < -0.39 is 0 Å². The molecule has 0 aliphatic heterocycles. The van der Waals surface area contributed by atoms with E-state index in [0.29, 0.717) is 0 Å². The first-order valence-electron chi connectivity index (χ1n) is 4.68. The lowest BCUT2D eigenvalue weighted by Gasteiger charge is -1.86. The van der Waals surface area contributed by atoms with Crippen LogP contribution in [0.1, 0.15) is 41.0 Å². The Kier molecular flexibility index (Phi) is 14.8. The van der Waals surface area contributed by atoms with Crippen molar-refractivity contribution in [2.24, 2.45) is 0 Å². The molecule has 0 rings (SSSR count). The first-order chi connectivity index (χ1) is 5.76. The topological polar surface area (TPSA) is 0 Å². The summed E-state index contributed by atoms with van der Waals surface area (Å²) in [6.07, 6.45) is 11.6. The zero-order valence-corrected chi connectivity index (χ0v) is 9.09. The molecular weight excluding hydrogens is 144 g/mol. The fourth-order valence-corrected chi connectivity index (χ4v) is 0.633. The van der Waals surface area contributed by atoms with Crippen LogP contribution in [0.4, 0.5) is 0 Å². The van der Waals surface area contributed by atoms with E-state index >= 15 is 0 Å². The van der Waals surface area contributed by atoms with Gasteiger partial charge in [0.05, 0.1) is 0 Å². The Morgan fingerprint density at radius 3 is 1.42 bits per heavy atom. The highest BCUT2D eigenvalue weighted by atomic mass is 13.8. The predicted octanol–water partition coefficient (Wildman–Crippen LogP) is 4.50. The highest BCUT2D eigenvalue weighted by Gasteiger charge is 1.76. The molecule has 0 saturated heterocycles. The first-order valence-corrected chi connectivity index (χ1v) is 4.68. The molecule has 0 saturated carbocycles. The van der Waals surface area contributed by atoms with E-state index in [1.54, 1.807) is 0 Å². The molecular formula is C12H22. The predicted molar refractivity (Wildman–Crippen MR) is 59.4 cm³/mol. The van der Waals surface area contributed by atoms with E-state index in [9.17, 15) is 0 Å². The first kappa shape index (κ1) is 13.8. The van der Waals surface area contributed by atoms with Crippen LogP contribution < -0.4 is 0 Å². The molecule has 0 N–H and O–H groups in total. The standard InChI is InChI=1S/C9H14.C3H8/c1-4-7-9(6-3)8-5-2;1-3-2/h4-8H,1-3H3;3H2,1-2H3/b7-4-,8-5+,9-6?;. The van der Waals surface area contributed by atoms with Crippen LogP contribution in [-0.4, -0.2) is 0 Å². The molecule has 0 aliphatic rings. The molecule has 0 heterocycles. The Hall–Kier alpha value is -0.780. The monoisotopic (exact) mass is 166 g/mol. The van der Waals surface area contributed by atoms with Crippen molar-refractivity contribution in [1.29, 1.82) is 0 Å². The van der Waals surface area contributed by atoms with Gasteiger partial charge in [0.15, 0.2) is 0 Å². The van der Waals surface area contributed by atoms with Crippen LogP contribution in [0.15, 0.2) is 36.0 Å². The van der Waals surface area contributed by atoms with Gasteiger partial charge in [-0.1, -0.05) is 50.6 Å². The van der Waals surface area contributed by atoms with Crippen LogP contribution in [0.5, 0.6) is 0 Å². The maximum absolute atomic E-state index is 2.12. The number of rotatable bonds is 2. The largest absolute Gasteiger partial charge is 0.0871 e. The van der Waals surface area contributed by atoms with Crippen molar-refractivity contribution in [2.45, 2.75) is 41.0 Å². The SMILES string of the molecule is CC=C(/C=C\C)/C=C/C.CCC. The smallest absolute Gasteiger partial charge is 0.0306 e. The fourth-order valence-electron chi connectivity index (χ4n) is 0.633. The van der Waals surface area contributed by atoms with Gasteiger partial charge in [0.2, 0.25) is 0 Å². The Balaban J connectivity index is 0. The number of hydrogen-bond acceptors (Lipinski definition) is 0. The lowest BCUT2D eigenvalue weighted by Crippen LogP contribution is -1.66. The highest BCUT2D eigenvalue weighted by Crippen LogP contribution is 1.97. The number of hydrogen-bond donors (Lipinski definition) is 0. The molecule has 0 aromatic carbocycles. The van der Waals surface area contributed by atoms with Gasteiger partial charge in [0.25, 0.3) is 0 Å². The molecule has 0 spiro atoms. The Morgan fingerprint density at radius 2 is 1.25 bits per heavy atom. The van der Waals surface area contributed by atoms with E-state index in [-0.39, 0.29) is 0 Å². The van der Waals surface area contributed by atoms with Crippen molar-refractivity contribution in [3.63, 3.8) is 0 Å². The van der Waals surface area contributed by atoms with Gasteiger partial charge in [-0.25, -0.2) is 0 Å². The van der Waals surface area contributed by atoms with Gasteiger partial charge in [0, 0.05) is 0 Å². The minimum absolute atomic E-state index is 1.25. The Bertz CT molecular complexity index is 133. The lowest BCUT2D eigenvalue weighted by molar-refractivity contribution is 1.09. The van der Waals surface area contributed by atoms with Crippen LogP contribution in [-0.2, 0) is 0 Å². The summed E-state index contributed by atoms with van der Waals surface area (Å²) >= 11 is 0. The maximum atomic E-state index is 2.12. The van der Waals surface area contributed by atoms with Crippen LogP contribution in [0.3, 0.4) is 0 Å². The minimum atomic E-state index is 1.25. The van der Waals surface area contributed by atoms with Gasteiger partial charge in [-0.2, -0.15) is 0 Å². The van der Waals surface area contributed by atoms with Gasteiger partial charge in [-0.05, 0) is 26.3 Å². The molecule has 0 atom stereocenters. The molecule has 0 fully saturated rings. The summed E-state index contributed by atoms with van der Waals surface area (Å²) in [4.78, 5) is 0. The zero-order chi connectivity index (χ0) is 9.82. The zero-order valence-electron chi connectivity index (χ0n) is 9.09. The normalized spacial score (nSPS) is 11.9. The second-order valence-electron chi connectivity index (χ2n) is 2.50. The van der Waals surface area contributed by atoms with E-state index in [1.165, 1.54) is 12.0 Å². The second-order valence-corrected chi connectivity index (χ2v) is 2.50. The quantitative estimate of drug-likeness (QED) is 0.530. The van der Waals surface area contributed by atoms with Gasteiger partial charge in [-0.15, -0.1) is 0 Å². The summed E-state index contributed by atoms with van der Waals surface area (Å²) in [5.74, 6) is 0. The molecule has 70 valence electrons. The van der Waals surface area contributed by atoms with Crippen LogP contribution in [0.2, 0.25) is 0 Å². The summed E-state index contributed by atoms with van der Waals surface area (Å²) in [6, 6.07) is 0. The molecule has 0 aromatic rings. The van der Waals surface area contributed by atoms with Crippen LogP contribution in [0.25, 0.3) is 0 Å². The lowest BCUT2D eigenvalue weighted by atomic mass is 10.2.